The highest BCUT2D eigenvalue weighted by molar-refractivity contribution is 6.00. The summed E-state index contributed by atoms with van der Waals surface area (Å²) in [6.07, 6.45) is 2.15. The summed E-state index contributed by atoms with van der Waals surface area (Å²) in [6, 6.07) is 2.74. The van der Waals surface area contributed by atoms with Crippen molar-refractivity contribution in [3.05, 3.63) is 23.5 Å². The zero-order valence-corrected chi connectivity index (χ0v) is 10.3. The number of carboxylic acid groups (broad SMARTS) is 1. The van der Waals surface area contributed by atoms with E-state index in [1.54, 1.807) is 0 Å². The maximum atomic E-state index is 13.4. The molecule has 1 saturated heterocycles. The zero-order chi connectivity index (χ0) is 13.3. The zero-order valence-electron chi connectivity index (χ0n) is 10.3. The molecule has 18 heavy (non-hydrogen) atoms. The first kappa shape index (κ1) is 12.7. The van der Waals surface area contributed by atoms with Gasteiger partial charge in [-0.3, -0.25) is 0 Å². The second-order valence-corrected chi connectivity index (χ2v) is 4.85. The average Bonchev–Trinajstić information content (AvgIpc) is 2.32. The van der Waals surface area contributed by atoms with E-state index in [2.05, 4.69) is 6.92 Å². The average molecular weight is 252 g/mol. The van der Waals surface area contributed by atoms with Crippen molar-refractivity contribution in [2.75, 3.05) is 23.7 Å². The molecule has 3 N–H and O–H groups in total. The van der Waals surface area contributed by atoms with Crippen LogP contribution < -0.4 is 10.6 Å². The molecule has 0 radical (unpaired) electrons. The van der Waals surface area contributed by atoms with E-state index >= 15 is 0 Å². The fourth-order valence-electron chi connectivity index (χ4n) is 2.48. The lowest BCUT2D eigenvalue weighted by Gasteiger charge is -2.33. The summed E-state index contributed by atoms with van der Waals surface area (Å²) in [7, 11) is 0. The smallest absolute Gasteiger partial charge is 0.340 e. The van der Waals surface area contributed by atoms with Crippen LogP contribution in [0.3, 0.4) is 0 Å². The molecule has 1 aromatic carbocycles. The van der Waals surface area contributed by atoms with E-state index in [9.17, 15) is 14.3 Å². The van der Waals surface area contributed by atoms with Crippen molar-refractivity contribution in [3.8, 4) is 0 Å². The highest BCUT2D eigenvalue weighted by atomic mass is 19.1. The Balaban J connectivity index is 2.43. The van der Waals surface area contributed by atoms with Gasteiger partial charge in [-0.25, -0.2) is 9.18 Å². The molecule has 98 valence electrons. The van der Waals surface area contributed by atoms with Crippen LogP contribution in [0.25, 0.3) is 0 Å². The Morgan fingerprint density at radius 2 is 2.28 bits per heavy atom. The van der Waals surface area contributed by atoms with Crippen molar-refractivity contribution in [3.63, 3.8) is 0 Å². The van der Waals surface area contributed by atoms with E-state index in [0.29, 0.717) is 11.6 Å². The Morgan fingerprint density at radius 1 is 1.56 bits per heavy atom. The summed E-state index contributed by atoms with van der Waals surface area (Å²) in [5.74, 6) is -1.35. The molecule has 1 heterocycles. The van der Waals surface area contributed by atoms with Crippen LogP contribution in [0.1, 0.15) is 30.1 Å². The topological polar surface area (TPSA) is 66.6 Å². The first-order valence-corrected chi connectivity index (χ1v) is 6.07. The number of anilines is 2. The molecule has 0 aliphatic carbocycles. The number of nitrogens with two attached hydrogens (primary N) is 1. The van der Waals surface area contributed by atoms with E-state index < -0.39 is 11.8 Å². The van der Waals surface area contributed by atoms with Gasteiger partial charge in [-0.05, 0) is 30.9 Å². The molecule has 1 aliphatic heterocycles. The minimum absolute atomic E-state index is 0.121. The maximum Gasteiger partial charge on any atom is 0.340 e. The molecule has 1 aliphatic rings. The van der Waals surface area contributed by atoms with E-state index in [1.807, 2.05) is 4.90 Å². The number of hydrogen-bond donors (Lipinski definition) is 2. The third-order valence-corrected chi connectivity index (χ3v) is 3.38. The van der Waals surface area contributed by atoms with Gasteiger partial charge in [0.25, 0.3) is 0 Å². The number of nitrogen functional groups attached to an aromatic ring is 1. The van der Waals surface area contributed by atoms with Gasteiger partial charge in [0.15, 0.2) is 0 Å². The van der Waals surface area contributed by atoms with Gasteiger partial charge < -0.3 is 15.7 Å². The van der Waals surface area contributed by atoms with Crippen LogP contribution in [0, 0.1) is 11.7 Å². The van der Waals surface area contributed by atoms with Gasteiger partial charge in [-0.2, -0.15) is 0 Å². The summed E-state index contributed by atoms with van der Waals surface area (Å²) in [4.78, 5) is 13.2. The molecule has 4 nitrogen and oxygen atoms in total. The molecular formula is C13H17FN2O2. The highest BCUT2D eigenvalue weighted by Gasteiger charge is 2.24. The molecule has 1 aromatic rings. The monoisotopic (exact) mass is 252 g/mol. The van der Waals surface area contributed by atoms with Crippen molar-refractivity contribution in [1.29, 1.82) is 0 Å². The van der Waals surface area contributed by atoms with E-state index in [0.717, 1.165) is 25.9 Å². The number of nitrogens with zero attached hydrogens (tertiary/aromatic N) is 1. The maximum absolute atomic E-state index is 13.4. The number of aromatic carboxylic acids is 1. The van der Waals surface area contributed by atoms with E-state index in [-0.39, 0.29) is 11.3 Å². The molecular weight excluding hydrogens is 235 g/mol. The SMILES string of the molecule is CC1CCCN(c2ccc(F)c(N)c2C(=O)O)C1. The molecule has 1 unspecified atom stereocenters. The molecule has 0 bridgehead atoms. The summed E-state index contributed by atoms with van der Waals surface area (Å²) < 4.78 is 13.4. The fourth-order valence-corrected chi connectivity index (χ4v) is 2.48. The second kappa shape index (κ2) is 4.84. The van der Waals surface area contributed by atoms with Crippen molar-refractivity contribution in [1.82, 2.24) is 0 Å². The Morgan fingerprint density at radius 3 is 2.89 bits per heavy atom. The lowest BCUT2D eigenvalue weighted by Crippen LogP contribution is -2.35. The molecule has 1 fully saturated rings. The van der Waals surface area contributed by atoms with Crippen molar-refractivity contribution in [2.24, 2.45) is 5.92 Å². The molecule has 2 rings (SSSR count). The summed E-state index contributed by atoms with van der Waals surface area (Å²) in [6.45, 7) is 3.69. The number of carbonyl (C=O) groups is 1. The minimum Gasteiger partial charge on any atom is -0.478 e. The van der Waals surface area contributed by atoms with Gasteiger partial charge in [-0.1, -0.05) is 6.92 Å². The largest absolute Gasteiger partial charge is 0.478 e. The Hall–Kier alpha value is -1.78. The molecule has 0 saturated carbocycles. The number of carboxylic acids is 1. The summed E-state index contributed by atoms with van der Waals surface area (Å²) in [5.41, 5.74) is 5.66. The summed E-state index contributed by atoms with van der Waals surface area (Å²) in [5, 5.41) is 9.19. The number of hydrogen-bond acceptors (Lipinski definition) is 3. The summed E-state index contributed by atoms with van der Waals surface area (Å²) >= 11 is 0. The van der Waals surface area contributed by atoms with Crippen LogP contribution in [-0.4, -0.2) is 24.2 Å². The molecule has 1 atom stereocenters. The van der Waals surface area contributed by atoms with Crippen molar-refractivity contribution < 1.29 is 14.3 Å². The second-order valence-electron chi connectivity index (χ2n) is 4.85. The van der Waals surface area contributed by atoms with Gasteiger partial charge >= 0.3 is 5.97 Å². The van der Waals surface area contributed by atoms with Gasteiger partial charge in [-0.15, -0.1) is 0 Å². The number of benzene rings is 1. The van der Waals surface area contributed by atoms with Gasteiger partial charge in [0.1, 0.15) is 11.4 Å². The van der Waals surface area contributed by atoms with Gasteiger partial charge in [0.05, 0.1) is 11.4 Å². The van der Waals surface area contributed by atoms with E-state index in [1.165, 1.54) is 12.1 Å². The van der Waals surface area contributed by atoms with Crippen molar-refractivity contribution >= 4 is 17.3 Å². The first-order chi connectivity index (χ1) is 8.50. The quantitative estimate of drug-likeness (QED) is 0.793. The van der Waals surface area contributed by atoms with Crippen LogP contribution in [0.2, 0.25) is 0 Å². The van der Waals surface area contributed by atoms with Crippen LogP contribution >= 0.6 is 0 Å². The lowest BCUT2D eigenvalue weighted by molar-refractivity contribution is 0.0698. The Bertz CT molecular complexity index is 476. The van der Waals surface area contributed by atoms with Crippen molar-refractivity contribution in [2.45, 2.75) is 19.8 Å². The van der Waals surface area contributed by atoms with Gasteiger partial charge in [0.2, 0.25) is 0 Å². The lowest BCUT2D eigenvalue weighted by atomic mass is 9.98. The third kappa shape index (κ3) is 2.25. The van der Waals surface area contributed by atoms with Gasteiger partial charge in [0, 0.05) is 13.1 Å². The molecule has 0 spiro atoms. The first-order valence-electron chi connectivity index (χ1n) is 6.07. The molecule has 0 aromatic heterocycles. The normalized spacial score (nSPS) is 19.9. The predicted molar refractivity (Wildman–Crippen MR) is 68.4 cm³/mol. The minimum atomic E-state index is -1.18. The van der Waals surface area contributed by atoms with Crippen LogP contribution in [-0.2, 0) is 0 Å². The third-order valence-electron chi connectivity index (χ3n) is 3.38. The van der Waals surface area contributed by atoms with Crippen LogP contribution in [0.15, 0.2) is 12.1 Å². The van der Waals surface area contributed by atoms with Crippen LogP contribution in [0.5, 0.6) is 0 Å². The molecule has 5 heteroatoms. The fraction of sp³-hybridized carbons (Fsp3) is 0.462. The Kier molecular flexibility index (Phi) is 3.41. The number of rotatable bonds is 2. The van der Waals surface area contributed by atoms with Crippen LogP contribution in [0.4, 0.5) is 15.8 Å². The number of halogens is 1. The predicted octanol–water partition coefficient (Wildman–Crippen LogP) is 2.34. The Labute approximate surface area is 105 Å². The molecule has 0 amide bonds. The highest BCUT2D eigenvalue weighted by Crippen LogP contribution is 2.31. The number of piperidine rings is 1. The van der Waals surface area contributed by atoms with E-state index in [4.69, 9.17) is 5.73 Å². The standard InChI is InChI=1S/C13H17FN2O2/c1-8-3-2-6-16(7-8)10-5-4-9(14)12(15)11(10)13(17)18/h4-5,8H,2-3,6-7,15H2,1H3,(H,17,18).